The van der Waals surface area contributed by atoms with Crippen LogP contribution in [0.25, 0.3) is 0 Å². The van der Waals surface area contributed by atoms with Crippen LogP contribution in [0, 0.1) is 50.7 Å². The predicted octanol–water partition coefficient (Wildman–Crippen LogP) is 6.10. The zero-order valence-corrected chi connectivity index (χ0v) is 33.8. The van der Waals surface area contributed by atoms with Crippen molar-refractivity contribution in [2.45, 2.75) is 163 Å². The number of aliphatic hydroxyl groups is 2. The maximum absolute atomic E-state index is 13.2. The van der Waals surface area contributed by atoms with E-state index < -0.39 is 17.8 Å². The lowest BCUT2D eigenvalue weighted by Gasteiger charge is -2.63. The van der Waals surface area contributed by atoms with Gasteiger partial charge in [0.1, 0.15) is 12.2 Å². The van der Waals surface area contributed by atoms with E-state index in [0.29, 0.717) is 36.9 Å². The Bertz CT molecular complexity index is 1300. The van der Waals surface area contributed by atoms with Crippen LogP contribution in [-0.4, -0.2) is 114 Å². The summed E-state index contributed by atoms with van der Waals surface area (Å²) in [5, 5.41) is 26.8. The van der Waals surface area contributed by atoms with Crippen molar-refractivity contribution in [1.29, 1.82) is 0 Å². The third kappa shape index (κ3) is 5.69. The Morgan fingerprint density at radius 3 is 2.31 bits per heavy atom. The molecule has 292 valence electrons. The molecule has 2 aliphatic heterocycles. The van der Waals surface area contributed by atoms with Crippen molar-refractivity contribution in [3.8, 4) is 0 Å². The number of nitrogens with one attached hydrogen (secondary N) is 1. The van der Waals surface area contributed by atoms with Gasteiger partial charge in [0.05, 0.1) is 23.9 Å². The predicted molar refractivity (Wildman–Crippen MR) is 199 cm³/mol. The first kappa shape index (κ1) is 38.3. The van der Waals surface area contributed by atoms with E-state index >= 15 is 0 Å². The van der Waals surface area contributed by atoms with E-state index in [-0.39, 0.29) is 57.4 Å². The minimum Gasteiger partial charge on any atom is -0.446 e. The van der Waals surface area contributed by atoms with E-state index in [0.717, 1.165) is 71.2 Å². The number of carbonyl (C=O) groups is 1. The third-order valence-electron chi connectivity index (χ3n) is 17.2. The molecule has 0 bridgehead atoms. The summed E-state index contributed by atoms with van der Waals surface area (Å²) in [5.41, 5.74) is -0.877. The average Bonchev–Trinajstić information content (AvgIpc) is 3.69. The molecule has 5 saturated carbocycles. The van der Waals surface area contributed by atoms with Gasteiger partial charge in [-0.2, -0.15) is 0 Å². The van der Waals surface area contributed by atoms with Crippen molar-refractivity contribution in [2.24, 2.45) is 50.7 Å². The lowest BCUT2D eigenvalue weighted by Crippen LogP contribution is -2.60. The highest BCUT2D eigenvalue weighted by Gasteiger charge is 2.84. The first-order valence-corrected chi connectivity index (χ1v) is 21.0. The standard InChI is InChI=1S/C42H73N3O6/c1-11-49-35(38(7,8)48)28-24-27(4)32-33(50-28)34(46)40(10)30-13-12-29-37(5,6)31(14-15-41(29)25-42(30,41)17-16-39(32,40)9)51-36(47)43-18-19-44-20-22-45(23-21-44)26(2)3/h26-35,46,48H,11-25H2,1-10H3,(H,43,47)/t27-,28-,29+,30+,31+,32+,33+,34+,35+,39-,40-,41-,42+/m1/s1. The maximum atomic E-state index is 13.2. The molecule has 1 amide bonds. The number of amides is 1. The number of carbonyl (C=O) groups excluding carboxylic acids is 1. The molecular formula is C42H73N3O6. The zero-order valence-electron chi connectivity index (χ0n) is 33.8. The summed E-state index contributed by atoms with van der Waals surface area (Å²) in [4.78, 5) is 18.1. The molecule has 7 aliphatic rings. The molecule has 2 heterocycles. The molecule has 0 unspecified atom stereocenters. The van der Waals surface area contributed by atoms with Crippen LogP contribution >= 0.6 is 0 Å². The highest BCUT2D eigenvalue weighted by molar-refractivity contribution is 5.67. The Hall–Kier alpha value is -0.970. The Morgan fingerprint density at radius 1 is 1.00 bits per heavy atom. The van der Waals surface area contributed by atoms with Gasteiger partial charge in [0, 0.05) is 62.7 Å². The number of aliphatic hydroxyl groups excluding tert-OH is 1. The fourth-order valence-electron chi connectivity index (χ4n) is 14.7. The van der Waals surface area contributed by atoms with Gasteiger partial charge >= 0.3 is 6.09 Å². The first-order chi connectivity index (χ1) is 23.9. The summed E-state index contributed by atoms with van der Waals surface area (Å²) >= 11 is 0. The molecule has 3 N–H and O–H groups in total. The Labute approximate surface area is 309 Å². The number of alkyl carbamates (subject to hydrolysis) is 1. The minimum absolute atomic E-state index is 0.0141. The number of ether oxygens (including phenoxy) is 3. The summed E-state index contributed by atoms with van der Waals surface area (Å²) in [7, 11) is 0. The smallest absolute Gasteiger partial charge is 0.407 e. The van der Waals surface area contributed by atoms with Crippen molar-refractivity contribution < 1.29 is 29.2 Å². The molecule has 51 heavy (non-hydrogen) atoms. The third-order valence-corrected chi connectivity index (χ3v) is 17.2. The summed E-state index contributed by atoms with van der Waals surface area (Å²) in [6.45, 7) is 28.5. The summed E-state index contributed by atoms with van der Waals surface area (Å²) in [6.07, 6.45) is 6.91. The monoisotopic (exact) mass is 716 g/mol. The molecule has 9 nitrogen and oxygen atoms in total. The van der Waals surface area contributed by atoms with Crippen LogP contribution in [-0.2, 0) is 14.2 Å². The van der Waals surface area contributed by atoms with Gasteiger partial charge in [-0.3, -0.25) is 9.80 Å². The first-order valence-electron chi connectivity index (χ1n) is 21.0. The Balaban J connectivity index is 1.02. The highest BCUT2D eigenvalue weighted by atomic mass is 16.6. The second-order valence-electron chi connectivity index (χ2n) is 20.4. The summed E-state index contributed by atoms with van der Waals surface area (Å²) in [5.74, 6) is 1.61. The van der Waals surface area contributed by atoms with E-state index in [1.165, 1.54) is 12.8 Å². The quantitative estimate of drug-likeness (QED) is 0.264. The topological polar surface area (TPSA) is 104 Å². The van der Waals surface area contributed by atoms with Gasteiger partial charge in [0.2, 0.25) is 0 Å². The largest absolute Gasteiger partial charge is 0.446 e. The van der Waals surface area contributed by atoms with Crippen molar-refractivity contribution in [2.75, 3.05) is 45.9 Å². The number of rotatable bonds is 9. The van der Waals surface area contributed by atoms with Crippen LogP contribution in [0.4, 0.5) is 4.79 Å². The average molecular weight is 716 g/mol. The normalized spacial score (nSPS) is 47.0. The lowest BCUT2D eigenvalue weighted by molar-refractivity contribution is -0.215. The fourth-order valence-corrected chi connectivity index (χ4v) is 14.7. The molecule has 0 radical (unpaired) electrons. The van der Waals surface area contributed by atoms with Crippen LogP contribution in [0.1, 0.15) is 121 Å². The van der Waals surface area contributed by atoms with Crippen molar-refractivity contribution in [3.63, 3.8) is 0 Å². The molecule has 7 fully saturated rings. The van der Waals surface area contributed by atoms with Gasteiger partial charge in [0.15, 0.2) is 0 Å². The van der Waals surface area contributed by atoms with Crippen LogP contribution < -0.4 is 5.32 Å². The molecule has 2 spiro atoms. The summed E-state index contributed by atoms with van der Waals surface area (Å²) < 4.78 is 19.4. The molecule has 9 heteroatoms. The van der Waals surface area contributed by atoms with Gasteiger partial charge in [-0.1, -0.05) is 34.6 Å². The molecule has 0 aromatic carbocycles. The molecule has 5 aliphatic carbocycles. The minimum atomic E-state index is -1.03. The van der Waals surface area contributed by atoms with E-state index in [1.807, 2.05) is 20.8 Å². The SMILES string of the molecule is CCO[C@@H]([C@H]1C[C@@H](C)[C@H]2[C@H](O1)[C@H](O)[C@@]1(C)[C@@H]3CC[C@H]4C(C)(C)[C@@H](OC(=O)NCCN5CCN(C(C)C)CC5)CC[C@@]45C[C@@]35CC[C@]21C)C(C)(C)O. The van der Waals surface area contributed by atoms with Gasteiger partial charge in [-0.15, -0.1) is 0 Å². The van der Waals surface area contributed by atoms with Crippen LogP contribution in [0.2, 0.25) is 0 Å². The zero-order chi connectivity index (χ0) is 36.9. The van der Waals surface area contributed by atoms with E-state index in [2.05, 4.69) is 63.6 Å². The second-order valence-corrected chi connectivity index (χ2v) is 20.4. The van der Waals surface area contributed by atoms with Crippen molar-refractivity contribution in [1.82, 2.24) is 15.1 Å². The number of hydrogen-bond acceptors (Lipinski definition) is 8. The maximum Gasteiger partial charge on any atom is 0.407 e. The Kier molecular flexibility index (Phi) is 9.82. The lowest BCUT2D eigenvalue weighted by atomic mass is 9.41. The number of nitrogens with zero attached hydrogens (tertiary/aromatic N) is 2. The fraction of sp³-hybridized carbons (Fsp3) is 0.976. The van der Waals surface area contributed by atoms with E-state index in [9.17, 15) is 15.0 Å². The molecule has 7 rings (SSSR count). The van der Waals surface area contributed by atoms with Crippen LogP contribution in [0.3, 0.4) is 0 Å². The van der Waals surface area contributed by atoms with Gasteiger partial charge < -0.3 is 29.7 Å². The Morgan fingerprint density at radius 2 is 1.67 bits per heavy atom. The number of hydrogen-bond donors (Lipinski definition) is 3. The molecule has 2 saturated heterocycles. The van der Waals surface area contributed by atoms with Crippen LogP contribution in [0.15, 0.2) is 0 Å². The molecular weight excluding hydrogens is 642 g/mol. The number of fused-ring (bicyclic) bond motifs is 4. The molecule has 0 aromatic rings. The highest BCUT2D eigenvalue weighted by Crippen LogP contribution is 2.89. The van der Waals surface area contributed by atoms with Crippen molar-refractivity contribution in [3.05, 3.63) is 0 Å². The van der Waals surface area contributed by atoms with Gasteiger partial charge in [-0.05, 0) is 126 Å². The van der Waals surface area contributed by atoms with E-state index in [4.69, 9.17) is 14.2 Å². The van der Waals surface area contributed by atoms with Gasteiger partial charge in [0.25, 0.3) is 0 Å². The summed E-state index contributed by atoms with van der Waals surface area (Å²) in [6, 6.07) is 0.589. The molecule has 0 aromatic heterocycles. The second kappa shape index (κ2) is 13.1. The number of piperazine rings is 1. The van der Waals surface area contributed by atoms with E-state index in [1.54, 1.807) is 0 Å². The van der Waals surface area contributed by atoms with Crippen LogP contribution in [0.5, 0.6) is 0 Å². The molecule has 13 atom stereocenters. The van der Waals surface area contributed by atoms with Gasteiger partial charge in [-0.25, -0.2) is 4.79 Å². The van der Waals surface area contributed by atoms with Crippen molar-refractivity contribution >= 4 is 6.09 Å².